The predicted octanol–water partition coefficient (Wildman–Crippen LogP) is 6.00. The Morgan fingerprint density at radius 2 is 1.55 bits per heavy atom. The van der Waals surface area contributed by atoms with Crippen molar-refractivity contribution in [1.29, 1.82) is 0 Å². The van der Waals surface area contributed by atoms with Gasteiger partial charge in [0.1, 0.15) is 11.8 Å². The number of amides is 3. The second-order valence-corrected chi connectivity index (χ2v) is 12.8. The molecule has 2 saturated heterocycles. The van der Waals surface area contributed by atoms with Gasteiger partial charge in [0, 0.05) is 47.5 Å². The van der Waals surface area contributed by atoms with E-state index in [0.717, 1.165) is 20.9 Å². The summed E-state index contributed by atoms with van der Waals surface area (Å²) in [5.74, 6) is -0.748. The number of Topliss-reactive ketones (excluding diaryl/α,β-unsaturated/α-hetero) is 1. The van der Waals surface area contributed by atoms with E-state index in [0.29, 0.717) is 37.6 Å². The Morgan fingerprint density at radius 3 is 2.14 bits per heavy atom. The number of furan rings is 1. The molecule has 10 heteroatoms. The van der Waals surface area contributed by atoms with Crippen LogP contribution in [0.4, 0.5) is 10.5 Å². The number of urea groups is 1. The highest BCUT2D eigenvalue weighted by molar-refractivity contribution is 7.10. The summed E-state index contributed by atoms with van der Waals surface area (Å²) in [6.45, 7) is 8.25. The minimum absolute atomic E-state index is 0.136. The van der Waals surface area contributed by atoms with Crippen molar-refractivity contribution in [2.24, 2.45) is 5.92 Å². The summed E-state index contributed by atoms with van der Waals surface area (Å²) < 4.78 is 5.89. The van der Waals surface area contributed by atoms with E-state index in [1.54, 1.807) is 17.0 Å². The van der Waals surface area contributed by atoms with Crippen LogP contribution in [0.15, 0.2) is 69.8 Å². The number of para-hydroxylation sites is 1. The van der Waals surface area contributed by atoms with E-state index in [1.807, 2.05) is 78.9 Å². The Kier molecular flexibility index (Phi) is 8.02. The molecule has 2 aliphatic rings. The number of hydrogen-bond acceptors (Lipinski definition) is 7. The molecule has 2 fully saturated rings. The highest BCUT2D eigenvalue weighted by Gasteiger charge is 2.59. The lowest BCUT2D eigenvalue weighted by atomic mass is 9.80. The van der Waals surface area contributed by atoms with Crippen LogP contribution in [-0.2, 0) is 4.79 Å². The van der Waals surface area contributed by atoms with Gasteiger partial charge in [0.2, 0.25) is 11.7 Å². The molecule has 2 N–H and O–H groups in total. The number of aryl methyl sites for hydroxylation is 3. The van der Waals surface area contributed by atoms with Gasteiger partial charge in [-0.25, -0.2) is 4.79 Å². The number of nitrogens with one attached hydrogen (secondary N) is 2. The molecule has 0 spiro atoms. The summed E-state index contributed by atoms with van der Waals surface area (Å²) >= 11 is 3.05. The fourth-order valence-electron chi connectivity index (χ4n) is 6.27. The van der Waals surface area contributed by atoms with E-state index >= 15 is 0 Å². The molecule has 0 aliphatic carbocycles. The lowest BCUT2D eigenvalue weighted by Gasteiger charge is -2.36. The van der Waals surface area contributed by atoms with Gasteiger partial charge >= 0.3 is 6.03 Å². The first-order valence-corrected chi connectivity index (χ1v) is 15.9. The lowest BCUT2D eigenvalue weighted by molar-refractivity contribution is -0.136. The van der Waals surface area contributed by atoms with Crippen molar-refractivity contribution in [3.63, 3.8) is 0 Å². The Hall–Kier alpha value is -3.73. The van der Waals surface area contributed by atoms with Crippen LogP contribution in [0.3, 0.4) is 0 Å². The molecule has 4 aromatic rings. The smallest absolute Gasteiger partial charge is 0.323 e. The number of benzene rings is 1. The second kappa shape index (κ2) is 11.9. The van der Waals surface area contributed by atoms with Gasteiger partial charge in [-0.3, -0.25) is 9.59 Å². The van der Waals surface area contributed by atoms with Gasteiger partial charge in [-0.15, -0.1) is 22.7 Å². The third kappa shape index (κ3) is 5.19. The fraction of sp³-hybridized carbons (Fsp3) is 0.344. The van der Waals surface area contributed by atoms with E-state index in [9.17, 15) is 14.4 Å². The summed E-state index contributed by atoms with van der Waals surface area (Å²) in [6, 6.07) is 14.8. The highest BCUT2D eigenvalue weighted by Crippen LogP contribution is 2.54. The Morgan fingerprint density at radius 1 is 0.881 bits per heavy atom. The van der Waals surface area contributed by atoms with Crippen molar-refractivity contribution in [2.45, 2.75) is 38.8 Å². The van der Waals surface area contributed by atoms with Crippen LogP contribution >= 0.6 is 22.7 Å². The first kappa shape index (κ1) is 28.4. The normalized spacial score (nSPS) is 22.4. The molecule has 8 nitrogen and oxygen atoms in total. The number of ketones is 1. The van der Waals surface area contributed by atoms with Gasteiger partial charge < -0.3 is 24.9 Å². The number of rotatable bonds is 6. The quantitative estimate of drug-likeness (QED) is 0.264. The maximum atomic E-state index is 14.6. The van der Waals surface area contributed by atoms with Gasteiger partial charge in [0.05, 0.1) is 12.0 Å². The van der Waals surface area contributed by atoms with E-state index in [1.165, 1.54) is 22.7 Å². The van der Waals surface area contributed by atoms with E-state index in [2.05, 4.69) is 10.6 Å². The second-order valence-electron chi connectivity index (χ2n) is 10.9. The van der Waals surface area contributed by atoms with Crippen LogP contribution in [0.5, 0.6) is 0 Å². The standard InChI is InChI=1S/C32H34N4O4S2/c1-19-11-17-41-29(19)25-24(28(37)23-10-9-21(3)40-23)26(30-20(2)12-18-42-30)36(32(39)34-22-7-5-4-6-8-22)27(25)31(38)35-15-13-33-14-16-35/h4-12,17-18,24-27,33H,13-16H2,1-3H3,(H,34,39). The molecule has 4 atom stereocenters. The zero-order valence-corrected chi connectivity index (χ0v) is 25.5. The maximum absolute atomic E-state index is 14.6. The number of thiophene rings is 2. The van der Waals surface area contributed by atoms with E-state index < -0.39 is 30.0 Å². The minimum atomic E-state index is -0.888. The topological polar surface area (TPSA) is 94.9 Å². The molecule has 1 aromatic carbocycles. The monoisotopic (exact) mass is 602 g/mol. The molecule has 6 rings (SSSR count). The molecule has 0 radical (unpaired) electrons. The SMILES string of the molecule is Cc1ccc(C(=O)C2C(c3sccc3C)C(C(=O)N3CCNCC3)N(C(=O)Nc3ccccc3)C2c2sccc2C)o1. The van der Waals surface area contributed by atoms with Crippen molar-refractivity contribution in [2.75, 3.05) is 31.5 Å². The number of carbonyl (C=O) groups is 3. The van der Waals surface area contributed by atoms with Crippen molar-refractivity contribution in [3.05, 3.63) is 97.8 Å². The summed E-state index contributed by atoms with van der Waals surface area (Å²) in [7, 11) is 0. The predicted molar refractivity (Wildman–Crippen MR) is 165 cm³/mol. The molecule has 3 amide bonds. The van der Waals surface area contributed by atoms with Crippen LogP contribution < -0.4 is 10.6 Å². The molecule has 218 valence electrons. The first-order valence-electron chi connectivity index (χ1n) is 14.2. The summed E-state index contributed by atoms with van der Waals surface area (Å²) in [5, 5.41) is 10.3. The van der Waals surface area contributed by atoms with Gasteiger partial charge in [0.25, 0.3) is 0 Å². The third-order valence-corrected chi connectivity index (χ3v) is 10.5. The first-order chi connectivity index (χ1) is 20.3. The average molecular weight is 603 g/mol. The van der Waals surface area contributed by atoms with Crippen LogP contribution in [-0.4, -0.2) is 59.7 Å². The van der Waals surface area contributed by atoms with Crippen molar-refractivity contribution < 1.29 is 18.8 Å². The van der Waals surface area contributed by atoms with Crippen LogP contribution in [0.1, 0.15) is 49.2 Å². The van der Waals surface area contributed by atoms with Crippen molar-refractivity contribution >= 4 is 46.1 Å². The molecule has 0 saturated carbocycles. The van der Waals surface area contributed by atoms with Gasteiger partial charge in [0.15, 0.2) is 5.76 Å². The third-order valence-electron chi connectivity index (χ3n) is 8.27. The number of anilines is 1. The molecule has 4 unspecified atom stereocenters. The van der Waals surface area contributed by atoms with Crippen molar-refractivity contribution in [1.82, 2.24) is 15.1 Å². The molecule has 0 bridgehead atoms. The van der Waals surface area contributed by atoms with Crippen LogP contribution in [0, 0.1) is 26.7 Å². The molecule has 5 heterocycles. The summed E-state index contributed by atoms with van der Waals surface area (Å²) in [5.41, 5.74) is 2.61. The van der Waals surface area contributed by atoms with Gasteiger partial charge in [-0.2, -0.15) is 0 Å². The zero-order chi connectivity index (χ0) is 29.4. The summed E-state index contributed by atoms with van der Waals surface area (Å²) in [6.07, 6.45) is 0. The van der Waals surface area contributed by atoms with E-state index in [4.69, 9.17) is 4.42 Å². The number of nitrogens with zero attached hydrogens (tertiary/aromatic N) is 2. The largest absolute Gasteiger partial charge is 0.458 e. The van der Waals surface area contributed by atoms with Gasteiger partial charge in [-0.05, 0) is 79.1 Å². The van der Waals surface area contributed by atoms with Gasteiger partial charge in [-0.1, -0.05) is 18.2 Å². The van der Waals surface area contributed by atoms with Crippen LogP contribution in [0.25, 0.3) is 0 Å². The number of piperazine rings is 1. The van der Waals surface area contributed by atoms with Crippen molar-refractivity contribution in [3.8, 4) is 0 Å². The molecular weight excluding hydrogens is 569 g/mol. The number of carbonyl (C=O) groups excluding carboxylic acids is 3. The number of hydrogen-bond donors (Lipinski definition) is 2. The van der Waals surface area contributed by atoms with Crippen LogP contribution in [0.2, 0.25) is 0 Å². The summed E-state index contributed by atoms with van der Waals surface area (Å²) in [4.78, 5) is 49.0. The average Bonchev–Trinajstić information content (AvgIpc) is 3.79. The maximum Gasteiger partial charge on any atom is 0.323 e. The lowest BCUT2D eigenvalue weighted by Crippen LogP contribution is -2.55. The molecule has 2 aliphatic heterocycles. The molecule has 3 aromatic heterocycles. The Balaban J connectivity index is 1.56. The molecule has 42 heavy (non-hydrogen) atoms. The zero-order valence-electron chi connectivity index (χ0n) is 23.8. The van der Waals surface area contributed by atoms with E-state index in [-0.39, 0.29) is 17.5 Å². The fourth-order valence-corrected chi connectivity index (χ4v) is 8.44. The minimum Gasteiger partial charge on any atom is -0.458 e. The molecular formula is C32H34N4O4S2. The Bertz CT molecular complexity index is 1590. The Labute approximate surface area is 253 Å². The number of likely N-dealkylation sites (tertiary alicyclic amines) is 1. The highest BCUT2D eigenvalue weighted by atomic mass is 32.1.